The molecule has 0 aromatic heterocycles. The van der Waals surface area contributed by atoms with Crippen LogP contribution >= 0.6 is 11.6 Å². The van der Waals surface area contributed by atoms with Gasteiger partial charge in [-0.25, -0.2) is 4.39 Å². The number of ether oxygens (including phenoxy) is 1. The van der Waals surface area contributed by atoms with Crippen molar-refractivity contribution >= 4 is 17.5 Å². The van der Waals surface area contributed by atoms with Crippen molar-refractivity contribution in [2.24, 2.45) is 0 Å². The number of rotatable bonds is 6. The van der Waals surface area contributed by atoms with Crippen LogP contribution in [0.5, 0.6) is 5.75 Å². The normalized spacial score (nSPS) is 18.7. The first kappa shape index (κ1) is 20.6. The van der Waals surface area contributed by atoms with Crippen LogP contribution in [0.25, 0.3) is 0 Å². The van der Waals surface area contributed by atoms with Crippen molar-refractivity contribution in [2.75, 3.05) is 26.2 Å². The van der Waals surface area contributed by atoms with Crippen LogP contribution in [-0.4, -0.2) is 59.2 Å². The third kappa shape index (κ3) is 5.44. The van der Waals surface area contributed by atoms with E-state index in [-0.39, 0.29) is 24.4 Å². The summed E-state index contributed by atoms with van der Waals surface area (Å²) in [5, 5.41) is 10.8. The molecule has 28 heavy (non-hydrogen) atoms. The lowest BCUT2D eigenvalue weighted by molar-refractivity contribution is -0.141. The van der Waals surface area contributed by atoms with Crippen molar-refractivity contribution < 1.29 is 19.0 Å². The molecule has 0 bridgehead atoms. The summed E-state index contributed by atoms with van der Waals surface area (Å²) in [6.07, 6.45) is -0.671. The van der Waals surface area contributed by atoms with Gasteiger partial charge in [-0.3, -0.25) is 9.69 Å². The molecular weight excluding hydrogens is 383 g/mol. The molecule has 0 spiro atoms. The number of hydrogen-bond acceptors (Lipinski definition) is 4. The molecule has 7 heteroatoms. The molecule has 0 radical (unpaired) electrons. The van der Waals surface area contributed by atoms with Crippen molar-refractivity contribution in [1.82, 2.24) is 9.80 Å². The minimum absolute atomic E-state index is 0.0944. The van der Waals surface area contributed by atoms with Crippen LogP contribution in [0.2, 0.25) is 5.02 Å². The van der Waals surface area contributed by atoms with Crippen LogP contribution in [-0.2, 0) is 11.3 Å². The Labute approximate surface area is 169 Å². The van der Waals surface area contributed by atoms with Crippen molar-refractivity contribution in [3.05, 3.63) is 64.9 Å². The van der Waals surface area contributed by atoms with Crippen molar-refractivity contribution in [3.8, 4) is 5.75 Å². The highest BCUT2D eigenvalue weighted by Crippen LogP contribution is 2.18. The quantitative estimate of drug-likeness (QED) is 0.801. The zero-order valence-corrected chi connectivity index (χ0v) is 16.5. The molecule has 150 valence electrons. The molecule has 0 saturated carbocycles. The fourth-order valence-electron chi connectivity index (χ4n) is 3.34. The van der Waals surface area contributed by atoms with E-state index in [4.69, 9.17) is 16.3 Å². The molecule has 2 aromatic carbocycles. The number of carbonyl (C=O) groups excluding carboxylic acids is 1. The van der Waals surface area contributed by atoms with E-state index in [1.807, 2.05) is 0 Å². The number of carbonyl (C=O) groups is 1. The van der Waals surface area contributed by atoms with Crippen molar-refractivity contribution in [3.63, 3.8) is 0 Å². The third-order valence-electron chi connectivity index (χ3n) is 4.88. The lowest BCUT2D eigenvalue weighted by atomic mass is 10.1. The average Bonchev–Trinajstić information content (AvgIpc) is 2.69. The van der Waals surface area contributed by atoms with Gasteiger partial charge in [-0.15, -0.1) is 0 Å². The molecule has 1 saturated heterocycles. The Morgan fingerprint density at radius 2 is 1.89 bits per heavy atom. The maximum absolute atomic E-state index is 13.1. The van der Waals surface area contributed by atoms with Crippen LogP contribution in [0, 0.1) is 5.82 Å². The van der Waals surface area contributed by atoms with Gasteiger partial charge in [-0.1, -0.05) is 23.7 Å². The highest BCUT2D eigenvalue weighted by molar-refractivity contribution is 6.30. The molecule has 1 aliphatic heterocycles. The predicted octanol–water partition coefficient (Wildman–Crippen LogP) is 2.95. The molecule has 1 aliphatic rings. The van der Waals surface area contributed by atoms with E-state index in [0.29, 0.717) is 37.0 Å². The fraction of sp³-hybridized carbons (Fsp3) is 0.381. The second kappa shape index (κ2) is 9.37. The fourth-order valence-corrected chi connectivity index (χ4v) is 3.47. The Kier molecular flexibility index (Phi) is 6.88. The summed E-state index contributed by atoms with van der Waals surface area (Å²) in [4.78, 5) is 16.5. The lowest BCUT2D eigenvalue weighted by Gasteiger charge is -2.42. The van der Waals surface area contributed by atoms with E-state index in [2.05, 4.69) is 4.90 Å². The Morgan fingerprint density at radius 3 is 2.54 bits per heavy atom. The van der Waals surface area contributed by atoms with Gasteiger partial charge in [0.25, 0.3) is 5.91 Å². The van der Waals surface area contributed by atoms with Crippen LogP contribution in [0.15, 0.2) is 48.5 Å². The minimum atomic E-state index is -0.671. The summed E-state index contributed by atoms with van der Waals surface area (Å²) in [7, 11) is 0. The molecule has 1 fully saturated rings. The summed E-state index contributed by atoms with van der Waals surface area (Å²) in [5.41, 5.74) is 0.997. The van der Waals surface area contributed by atoms with Crippen molar-refractivity contribution in [1.29, 1.82) is 0 Å². The zero-order chi connectivity index (χ0) is 20.1. The average molecular weight is 407 g/mol. The summed E-state index contributed by atoms with van der Waals surface area (Å²) in [6, 6.07) is 12.9. The Morgan fingerprint density at radius 1 is 1.21 bits per heavy atom. The van der Waals surface area contributed by atoms with Crippen LogP contribution < -0.4 is 4.74 Å². The first-order valence-electron chi connectivity index (χ1n) is 9.25. The van der Waals surface area contributed by atoms with E-state index in [0.717, 1.165) is 5.56 Å². The number of aliphatic hydroxyl groups excluding tert-OH is 1. The number of halogens is 2. The van der Waals surface area contributed by atoms with E-state index >= 15 is 0 Å². The van der Waals surface area contributed by atoms with Crippen LogP contribution in [0.3, 0.4) is 0 Å². The first-order chi connectivity index (χ1) is 13.4. The maximum atomic E-state index is 13.1. The molecule has 1 heterocycles. The van der Waals surface area contributed by atoms with E-state index in [1.165, 1.54) is 12.1 Å². The molecule has 3 rings (SSSR count). The minimum Gasteiger partial charge on any atom is -0.484 e. The lowest BCUT2D eigenvalue weighted by Crippen LogP contribution is -2.59. The number of piperazine rings is 1. The molecule has 2 aromatic rings. The van der Waals surface area contributed by atoms with Gasteiger partial charge in [0.05, 0.1) is 12.1 Å². The molecule has 2 unspecified atom stereocenters. The molecular formula is C21H24ClFN2O3. The largest absolute Gasteiger partial charge is 0.484 e. The van der Waals surface area contributed by atoms with Gasteiger partial charge >= 0.3 is 0 Å². The molecule has 1 amide bonds. The maximum Gasteiger partial charge on any atom is 0.260 e. The highest BCUT2D eigenvalue weighted by atomic mass is 35.5. The monoisotopic (exact) mass is 406 g/mol. The first-order valence-corrected chi connectivity index (χ1v) is 9.63. The smallest absolute Gasteiger partial charge is 0.260 e. The summed E-state index contributed by atoms with van der Waals surface area (Å²) >= 11 is 5.85. The van der Waals surface area contributed by atoms with Gasteiger partial charge in [-0.2, -0.15) is 0 Å². The van der Waals surface area contributed by atoms with E-state index in [1.54, 1.807) is 48.2 Å². The SMILES string of the molecule is CC(O)C1CN(Cc2ccc(F)cc2)CCN1C(=O)COc1ccc(Cl)cc1. The van der Waals surface area contributed by atoms with Gasteiger partial charge in [0.2, 0.25) is 0 Å². The van der Waals surface area contributed by atoms with Gasteiger partial charge in [0.15, 0.2) is 6.61 Å². The molecule has 0 aliphatic carbocycles. The summed E-state index contributed by atoms with van der Waals surface area (Å²) < 4.78 is 18.6. The number of aliphatic hydroxyl groups is 1. The highest BCUT2D eigenvalue weighted by Gasteiger charge is 2.33. The van der Waals surface area contributed by atoms with Gasteiger partial charge in [-0.05, 0) is 48.9 Å². The van der Waals surface area contributed by atoms with E-state index in [9.17, 15) is 14.3 Å². The summed E-state index contributed by atoms with van der Waals surface area (Å²) in [6.45, 7) is 3.95. The number of nitrogens with zero attached hydrogens (tertiary/aromatic N) is 2. The van der Waals surface area contributed by atoms with Gasteiger partial charge in [0.1, 0.15) is 11.6 Å². The van der Waals surface area contributed by atoms with Crippen LogP contribution in [0.1, 0.15) is 12.5 Å². The second-order valence-electron chi connectivity index (χ2n) is 7.00. The third-order valence-corrected chi connectivity index (χ3v) is 5.13. The topological polar surface area (TPSA) is 53.0 Å². The summed E-state index contributed by atoms with van der Waals surface area (Å²) in [5.74, 6) is 0.144. The number of hydrogen-bond donors (Lipinski definition) is 1. The predicted molar refractivity (Wildman–Crippen MR) is 106 cm³/mol. The number of amides is 1. The molecule has 5 nitrogen and oxygen atoms in total. The van der Waals surface area contributed by atoms with E-state index < -0.39 is 6.10 Å². The van der Waals surface area contributed by atoms with Crippen LogP contribution in [0.4, 0.5) is 4.39 Å². The second-order valence-corrected chi connectivity index (χ2v) is 7.44. The van der Waals surface area contributed by atoms with Gasteiger partial charge in [0, 0.05) is 31.2 Å². The van der Waals surface area contributed by atoms with Crippen molar-refractivity contribution in [2.45, 2.75) is 25.6 Å². The number of benzene rings is 2. The Hall–Kier alpha value is -2.15. The van der Waals surface area contributed by atoms with Gasteiger partial charge < -0.3 is 14.7 Å². The molecule has 1 N–H and O–H groups in total. The Bertz CT molecular complexity index is 783. The Balaban J connectivity index is 1.58. The molecule has 2 atom stereocenters. The standard InChI is InChI=1S/C21H24ClFN2O3/c1-15(26)20-13-24(12-16-2-6-18(23)7-3-16)10-11-25(20)21(27)14-28-19-8-4-17(22)5-9-19/h2-9,15,20,26H,10-14H2,1H3. The zero-order valence-electron chi connectivity index (χ0n) is 15.7.